The minimum absolute atomic E-state index is 0.190. The second-order valence-corrected chi connectivity index (χ2v) is 8.59. The lowest BCUT2D eigenvalue weighted by molar-refractivity contribution is -0.131. The van der Waals surface area contributed by atoms with Crippen molar-refractivity contribution < 1.29 is 9.53 Å². The van der Waals surface area contributed by atoms with E-state index >= 15 is 0 Å². The molecule has 0 aliphatic heterocycles. The van der Waals surface area contributed by atoms with Crippen molar-refractivity contribution in [3.05, 3.63) is 29.8 Å². The lowest BCUT2D eigenvalue weighted by atomic mass is 9.94. The van der Waals surface area contributed by atoms with Gasteiger partial charge in [0.2, 0.25) is 5.91 Å². The van der Waals surface area contributed by atoms with Crippen LogP contribution in [0.15, 0.2) is 29.4 Å². The highest BCUT2D eigenvalue weighted by molar-refractivity contribution is 7.99. The topological polar surface area (TPSA) is 59.7 Å². The maximum atomic E-state index is 13.0. The van der Waals surface area contributed by atoms with Gasteiger partial charge in [-0.3, -0.25) is 9.20 Å². The minimum atomic E-state index is 0.190. The molecule has 2 aromatic heterocycles. The Labute approximate surface area is 175 Å². The number of rotatable bonds is 6. The van der Waals surface area contributed by atoms with Gasteiger partial charge < -0.3 is 9.64 Å². The van der Waals surface area contributed by atoms with Crippen LogP contribution in [0.3, 0.4) is 0 Å². The van der Waals surface area contributed by atoms with Crippen molar-refractivity contribution in [3.8, 4) is 5.75 Å². The van der Waals surface area contributed by atoms with Gasteiger partial charge in [-0.1, -0.05) is 31.0 Å². The van der Waals surface area contributed by atoms with E-state index in [-0.39, 0.29) is 5.91 Å². The van der Waals surface area contributed by atoms with Gasteiger partial charge in [-0.2, -0.15) is 0 Å². The highest BCUT2D eigenvalue weighted by Gasteiger charge is 2.24. The summed E-state index contributed by atoms with van der Waals surface area (Å²) in [6.07, 6.45) is 6.00. The van der Waals surface area contributed by atoms with Gasteiger partial charge in [0.25, 0.3) is 0 Å². The first kappa shape index (κ1) is 20.0. The standard InChI is InChI=1S/C22H28N4O2S/c1-4-25(16-8-6-5-7-9-16)21(27)14-29-22-24-23-20-12-15(2)18-11-10-17(28-3)13-19(18)26(20)22/h10-13,16H,4-9,14H2,1-3H3. The van der Waals surface area contributed by atoms with Crippen LogP contribution in [-0.2, 0) is 4.79 Å². The number of methoxy groups -OCH3 is 1. The Balaban J connectivity index is 1.61. The van der Waals surface area contributed by atoms with E-state index in [9.17, 15) is 4.79 Å². The molecule has 2 heterocycles. The Hall–Kier alpha value is -2.28. The van der Waals surface area contributed by atoms with E-state index in [0.29, 0.717) is 11.8 Å². The first-order valence-corrected chi connectivity index (χ1v) is 11.4. The molecule has 1 aliphatic rings. The van der Waals surface area contributed by atoms with Crippen molar-refractivity contribution in [2.75, 3.05) is 19.4 Å². The molecule has 29 heavy (non-hydrogen) atoms. The summed E-state index contributed by atoms with van der Waals surface area (Å²) in [6.45, 7) is 4.92. The Kier molecular flexibility index (Phi) is 5.94. The van der Waals surface area contributed by atoms with E-state index in [4.69, 9.17) is 4.74 Å². The summed E-state index contributed by atoms with van der Waals surface area (Å²) in [7, 11) is 1.67. The number of aromatic nitrogens is 3. The number of hydrogen-bond donors (Lipinski definition) is 0. The predicted octanol–water partition coefficient (Wildman–Crippen LogP) is 4.47. The summed E-state index contributed by atoms with van der Waals surface area (Å²) in [5.74, 6) is 1.36. The second kappa shape index (κ2) is 8.61. The minimum Gasteiger partial charge on any atom is -0.497 e. The molecule has 4 rings (SSSR count). The first-order chi connectivity index (χ1) is 14.1. The van der Waals surface area contributed by atoms with E-state index < -0.39 is 0 Å². The van der Waals surface area contributed by atoms with E-state index in [1.54, 1.807) is 7.11 Å². The van der Waals surface area contributed by atoms with Gasteiger partial charge in [-0.15, -0.1) is 10.2 Å². The molecule has 1 amide bonds. The number of aryl methyl sites for hydroxylation is 1. The van der Waals surface area contributed by atoms with Crippen LogP contribution in [0.1, 0.15) is 44.6 Å². The van der Waals surface area contributed by atoms with Crippen LogP contribution in [0, 0.1) is 6.92 Å². The molecule has 154 valence electrons. The number of carbonyl (C=O) groups is 1. The first-order valence-electron chi connectivity index (χ1n) is 10.4. The summed E-state index contributed by atoms with van der Waals surface area (Å²) in [5, 5.41) is 10.6. The number of carbonyl (C=O) groups excluding carboxylic acids is 1. The SMILES string of the molecule is CCN(C(=O)CSc1nnc2cc(C)c3ccc(OC)cc3n12)C1CCCCC1. The highest BCUT2D eigenvalue weighted by atomic mass is 32.2. The van der Waals surface area contributed by atoms with Crippen LogP contribution >= 0.6 is 11.8 Å². The molecular formula is C22H28N4O2S. The fourth-order valence-corrected chi connectivity index (χ4v) is 5.20. The van der Waals surface area contributed by atoms with Crippen LogP contribution in [0.25, 0.3) is 16.6 Å². The molecule has 0 saturated heterocycles. The van der Waals surface area contributed by atoms with Crippen LogP contribution in [0.2, 0.25) is 0 Å². The second-order valence-electron chi connectivity index (χ2n) is 7.65. The van der Waals surface area contributed by atoms with Crippen molar-refractivity contribution in [2.45, 2.75) is 57.1 Å². The average Bonchev–Trinajstić information content (AvgIpc) is 3.16. The van der Waals surface area contributed by atoms with E-state index in [2.05, 4.69) is 35.0 Å². The van der Waals surface area contributed by atoms with E-state index in [0.717, 1.165) is 52.4 Å². The molecular weight excluding hydrogens is 384 g/mol. The molecule has 7 heteroatoms. The zero-order valence-corrected chi connectivity index (χ0v) is 18.2. The van der Waals surface area contributed by atoms with Crippen molar-refractivity contribution in [2.24, 2.45) is 0 Å². The summed E-state index contributed by atoms with van der Waals surface area (Å²) >= 11 is 1.46. The summed E-state index contributed by atoms with van der Waals surface area (Å²) in [5.41, 5.74) is 2.93. The number of nitrogens with zero attached hydrogens (tertiary/aromatic N) is 4. The largest absolute Gasteiger partial charge is 0.497 e. The van der Waals surface area contributed by atoms with Gasteiger partial charge in [-0.05, 0) is 50.5 Å². The van der Waals surface area contributed by atoms with Crippen molar-refractivity contribution in [1.29, 1.82) is 0 Å². The quantitative estimate of drug-likeness (QED) is 0.559. The Bertz CT molecular complexity index is 1030. The molecule has 0 spiro atoms. The summed E-state index contributed by atoms with van der Waals surface area (Å²) in [4.78, 5) is 15.0. The van der Waals surface area contributed by atoms with Crippen molar-refractivity contribution in [3.63, 3.8) is 0 Å². The van der Waals surface area contributed by atoms with Crippen LogP contribution < -0.4 is 4.74 Å². The molecule has 1 saturated carbocycles. The number of pyridine rings is 1. The van der Waals surface area contributed by atoms with Crippen LogP contribution in [-0.4, -0.2) is 50.9 Å². The normalized spacial score (nSPS) is 15.1. The molecule has 6 nitrogen and oxygen atoms in total. The van der Waals surface area contributed by atoms with Gasteiger partial charge >= 0.3 is 0 Å². The maximum absolute atomic E-state index is 13.0. The molecule has 0 atom stereocenters. The predicted molar refractivity (Wildman–Crippen MR) is 117 cm³/mol. The third-order valence-electron chi connectivity index (χ3n) is 5.88. The monoisotopic (exact) mass is 412 g/mol. The fraction of sp³-hybridized carbons (Fsp3) is 0.500. The van der Waals surface area contributed by atoms with Gasteiger partial charge in [0, 0.05) is 24.0 Å². The third-order valence-corrected chi connectivity index (χ3v) is 6.79. The number of fused-ring (bicyclic) bond motifs is 3. The molecule has 1 fully saturated rings. The lowest BCUT2D eigenvalue weighted by Gasteiger charge is -2.33. The summed E-state index contributed by atoms with van der Waals surface area (Å²) in [6, 6.07) is 8.46. The zero-order chi connectivity index (χ0) is 20.4. The molecule has 0 radical (unpaired) electrons. The van der Waals surface area contributed by atoms with Crippen LogP contribution in [0.5, 0.6) is 5.75 Å². The fourth-order valence-electron chi connectivity index (χ4n) is 4.36. The van der Waals surface area contributed by atoms with E-state index in [1.165, 1.54) is 31.0 Å². The van der Waals surface area contributed by atoms with Gasteiger partial charge in [0.1, 0.15) is 5.75 Å². The van der Waals surface area contributed by atoms with Crippen molar-refractivity contribution >= 4 is 34.2 Å². The zero-order valence-electron chi connectivity index (χ0n) is 17.4. The number of thioether (sulfide) groups is 1. The van der Waals surface area contributed by atoms with Gasteiger partial charge in [0.05, 0.1) is 18.4 Å². The summed E-state index contributed by atoms with van der Waals surface area (Å²) < 4.78 is 7.44. The Morgan fingerprint density at radius 1 is 1.24 bits per heavy atom. The molecule has 1 aromatic carbocycles. The molecule has 0 bridgehead atoms. The molecule has 0 unspecified atom stereocenters. The lowest BCUT2D eigenvalue weighted by Crippen LogP contribution is -2.42. The Morgan fingerprint density at radius 2 is 2.03 bits per heavy atom. The highest BCUT2D eigenvalue weighted by Crippen LogP contribution is 2.29. The van der Waals surface area contributed by atoms with Gasteiger partial charge in [-0.25, -0.2) is 0 Å². The average molecular weight is 413 g/mol. The Morgan fingerprint density at radius 3 is 2.76 bits per heavy atom. The molecule has 1 aliphatic carbocycles. The smallest absolute Gasteiger partial charge is 0.233 e. The third kappa shape index (κ3) is 3.92. The maximum Gasteiger partial charge on any atom is 0.233 e. The van der Waals surface area contributed by atoms with Crippen LogP contribution in [0.4, 0.5) is 0 Å². The molecule has 0 N–H and O–H groups in total. The van der Waals surface area contributed by atoms with Gasteiger partial charge in [0.15, 0.2) is 10.8 Å². The number of amides is 1. The van der Waals surface area contributed by atoms with Crippen molar-refractivity contribution in [1.82, 2.24) is 19.5 Å². The van der Waals surface area contributed by atoms with E-state index in [1.807, 2.05) is 22.6 Å². The molecule has 3 aromatic rings. The number of benzene rings is 1. The number of hydrogen-bond acceptors (Lipinski definition) is 5. The number of ether oxygens (including phenoxy) is 1.